The lowest BCUT2D eigenvalue weighted by atomic mass is 10.1. The van der Waals surface area contributed by atoms with Gasteiger partial charge in [0.2, 0.25) is 5.90 Å². The van der Waals surface area contributed by atoms with Crippen molar-refractivity contribution in [2.75, 3.05) is 6.61 Å². The van der Waals surface area contributed by atoms with Gasteiger partial charge in [0.05, 0.1) is 26.6 Å². The summed E-state index contributed by atoms with van der Waals surface area (Å²) < 4.78 is 17.6. The minimum absolute atomic E-state index is 0.00914. The molecule has 0 amide bonds. The van der Waals surface area contributed by atoms with E-state index in [2.05, 4.69) is 20.9 Å². The van der Waals surface area contributed by atoms with Crippen LogP contribution in [0.1, 0.15) is 23.6 Å². The van der Waals surface area contributed by atoms with E-state index in [1.807, 2.05) is 37.3 Å². The second-order valence-corrected chi connectivity index (χ2v) is 8.56. The summed E-state index contributed by atoms with van der Waals surface area (Å²) in [7, 11) is 0. The Morgan fingerprint density at radius 3 is 2.63 bits per heavy atom. The van der Waals surface area contributed by atoms with Crippen LogP contribution in [0.25, 0.3) is 6.08 Å². The molecule has 1 aliphatic heterocycles. The molecule has 3 aromatic rings. The SMILES string of the molecule is CCOc1cc(/C=C2\N=C(c3cc([N+](=O)[O-])ccc3Cl)OC2=O)cc(Br)c1OCc1ccccc1. The molecule has 0 spiro atoms. The molecule has 0 saturated carbocycles. The number of aliphatic imine (C=N–C) groups is 1. The zero-order valence-electron chi connectivity index (χ0n) is 18.4. The topological polar surface area (TPSA) is 100 Å². The van der Waals surface area contributed by atoms with E-state index in [0.717, 1.165) is 5.56 Å². The number of nitro groups is 1. The van der Waals surface area contributed by atoms with Gasteiger partial charge in [0.1, 0.15) is 6.61 Å². The fourth-order valence-electron chi connectivity index (χ4n) is 3.28. The zero-order chi connectivity index (χ0) is 24.9. The quantitative estimate of drug-likeness (QED) is 0.139. The van der Waals surface area contributed by atoms with E-state index in [0.29, 0.717) is 34.7 Å². The summed E-state index contributed by atoms with van der Waals surface area (Å²) in [5, 5.41) is 11.3. The van der Waals surface area contributed by atoms with Crippen molar-refractivity contribution in [1.29, 1.82) is 0 Å². The van der Waals surface area contributed by atoms with Crippen LogP contribution in [-0.2, 0) is 16.1 Å². The maximum atomic E-state index is 12.5. The summed E-state index contributed by atoms with van der Waals surface area (Å²) in [5.41, 5.74) is 1.57. The first kappa shape index (κ1) is 24.4. The highest BCUT2D eigenvalue weighted by molar-refractivity contribution is 9.10. The molecule has 0 atom stereocenters. The molecule has 0 fully saturated rings. The van der Waals surface area contributed by atoms with Gasteiger partial charge in [-0.3, -0.25) is 10.1 Å². The van der Waals surface area contributed by atoms with Crippen molar-refractivity contribution >= 4 is 51.2 Å². The van der Waals surface area contributed by atoms with Crippen LogP contribution < -0.4 is 9.47 Å². The number of rotatable bonds is 8. The molecule has 0 aliphatic carbocycles. The Balaban J connectivity index is 1.64. The zero-order valence-corrected chi connectivity index (χ0v) is 20.7. The van der Waals surface area contributed by atoms with E-state index >= 15 is 0 Å². The largest absolute Gasteiger partial charge is 0.490 e. The van der Waals surface area contributed by atoms with E-state index in [1.54, 1.807) is 12.1 Å². The lowest BCUT2D eigenvalue weighted by molar-refractivity contribution is -0.384. The molecule has 0 radical (unpaired) electrons. The Hall–Kier alpha value is -3.69. The van der Waals surface area contributed by atoms with Crippen LogP contribution in [-0.4, -0.2) is 23.4 Å². The number of benzene rings is 3. The number of carbonyl (C=O) groups excluding carboxylic acids is 1. The van der Waals surface area contributed by atoms with Gasteiger partial charge in [0, 0.05) is 12.1 Å². The summed E-state index contributed by atoms with van der Waals surface area (Å²) >= 11 is 9.67. The molecule has 0 saturated heterocycles. The van der Waals surface area contributed by atoms with Crippen LogP contribution in [0.15, 0.2) is 75.8 Å². The summed E-state index contributed by atoms with van der Waals surface area (Å²) in [4.78, 5) is 27.2. The number of esters is 1. The first-order valence-electron chi connectivity index (χ1n) is 10.5. The molecule has 0 N–H and O–H groups in total. The maximum Gasteiger partial charge on any atom is 0.363 e. The lowest BCUT2D eigenvalue weighted by Gasteiger charge is -2.15. The third-order valence-electron chi connectivity index (χ3n) is 4.87. The molecule has 35 heavy (non-hydrogen) atoms. The summed E-state index contributed by atoms with van der Waals surface area (Å²) in [6.45, 7) is 2.61. The van der Waals surface area contributed by atoms with E-state index in [1.165, 1.54) is 24.3 Å². The van der Waals surface area contributed by atoms with Crippen LogP contribution in [0.5, 0.6) is 11.5 Å². The molecule has 1 aliphatic rings. The van der Waals surface area contributed by atoms with Gasteiger partial charge in [0.15, 0.2) is 17.2 Å². The first-order valence-corrected chi connectivity index (χ1v) is 11.6. The second-order valence-electron chi connectivity index (χ2n) is 7.29. The smallest absolute Gasteiger partial charge is 0.363 e. The number of non-ortho nitro benzene ring substituents is 1. The van der Waals surface area contributed by atoms with Crippen molar-refractivity contribution in [3.8, 4) is 11.5 Å². The Bertz CT molecular complexity index is 1360. The number of nitro benzene ring substituents is 1. The lowest BCUT2D eigenvalue weighted by Crippen LogP contribution is -2.06. The Labute approximate surface area is 214 Å². The molecule has 0 unspecified atom stereocenters. The Morgan fingerprint density at radius 1 is 1.14 bits per heavy atom. The van der Waals surface area contributed by atoms with Gasteiger partial charge in [0.25, 0.3) is 5.69 Å². The van der Waals surface area contributed by atoms with Crippen LogP contribution in [0, 0.1) is 10.1 Å². The highest BCUT2D eigenvalue weighted by atomic mass is 79.9. The second kappa shape index (κ2) is 10.7. The molecule has 0 bridgehead atoms. The fourth-order valence-corrected chi connectivity index (χ4v) is 4.05. The number of nitrogens with zero attached hydrogens (tertiary/aromatic N) is 2. The molecule has 1 heterocycles. The molecular formula is C25H18BrClN2O6. The van der Waals surface area contributed by atoms with E-state index in [-0.39, 0.29) is 27.9 Å². The Morgan fingerprint density at radius 2 is 1.91 bits per heavy atom. The predicted octanol–water partition coefficient (Wildman–Crippen LogP) is 6.33. The van der Waals surface area contributed by atoms with E-state index in [4.69, 9.17) is 25.8 Å². The highest BCUT2D eigenvalue weighted by Crippen LogP contribution is 2.38. The van der Waals surface area contributed by atoms with Gasteiger partial charge in [-0.25, -0.2) is 9.79 Å². The number of hydrogen-bond donors (Lipinski definition) is 0. The average molecular weight is 558 g/mol. The summed E-state index contributed by atoms with van der Waals surface area (Å²) in [6.07, 6.45) is 1.52. The summed E-state index contributed by atoms with van der Waals surface area (Å²) in [6, 6.07) is 17.0. The van der Waals surface area contributed by atoms with Crippen LogP contribution in [0.4, 0.5) is 5.69 Å². The van der Waals surface area contributed by atoms with Crippen LogP contribution >= 0.6 is 27.5 Å². The summed E-state index contributed by atoms with van der Waals surface area (Å²) in [5.74, 6) is 0.198. The van der Waals surface area contributed by atoms with Crippen molar-refractivity contribution in [3.63, 3.8) is 0 Å². The minimum Gasteiger partial charge on any atom is -0.490 e. The Kier molecular flexibility index (Phi) is 7.48. The van der Waals surface area contributed by atoms with E-state index < -0.39 is 10.9 Å². The third kappa shape index (κ3) is 5.70. The van der Waals surface area contributed by atoms with Gasteiger partial charge in [-0.15, -0.1) is 0 Å². The first-order chi connectivity index (χ1) is 16.9. The highest BCUT2D eigenvalue weighted by Gasteiger charge is 2.27. The monoisotopic (exact) mass is 556 g/mol. The minimum atomic E-state index is -0.707. The van der Waals surface area contributed by atoms with Crippen LogP contribution in [0.3, 0.4) is 0 Å². The molecule has 8 nitrogen and oxygen atoms in total. The van der Waals surface area contributed by atoms with Crippen LogP contribution in [0.2, 0.25) is 5.02 Å². The number of cyclic esters (lactones) is 1. The molecule has 4 rings (SSSR count). The molecule has 3 aromatic carbocycles. The van der Waals surface area contributed by atoms with Crippen molar-refractivity contribution in [2.45, 2.75) is 13.5 Å². The van der Waals surface area contributed by atoms with Crippen molar-refractivity contribution in [2.24, 2.45) is 4.99 Å². The van der Waals surface area contributed by atoms with Crippen molar-refractivity contribution < 1.29 is 23.9 Å². The third-order valence-corrected chi connectivity index (χ3v) is 5.79. The van der Waals surface area contributed by atoms with Gasteiger partial charge in [-0.05, 0) is 58.3 Å². The molecule has 10 heteroatoms. The number of hydrogen-bond acceptors (Lipinski definition) is 7. The van der Waals surface area contributed by atoms with Crippen molar-refractivity contribution in [3.05, 3.63) is 103 Å². The van der Waals surface area contributed by atoms with Crippen molar-refractivity contribution in [1.82, 2.24) is 0 Å². The molecule has 178 valence electrons. The fraction of sp³-hybridized carbons (Fsp3) is 0.120. The molecule has 0 aromatic heterocycles. The van der Waals surface area contributed by atoms with Gasteiger partial charge >= 0.3 is 5.97 Å². The van der Waals surface area contributed by atoms with E-state index in [9.17, 15) is 14.9 Å². The number of halogens is 2. The normalized spacial score (nSPS) is 14.0. The standard InChI is InChI=1S/C25H18BrClN2O6/c1-2-33-22-12-16(10-19(26)23(22)34-14-15-6-4-3-5-7-15)11-21-25(30)35-24(28-21)18-13-17(29(31)32)8-9-20(18)27/h3-13H,2,14H2,1H3/b21-11-. The maximum absolute atomic E-state index is 12.5. The van der Waals surface area contributed by atoms with Gasteiger partial charge in [-0.2, -0.15) is 0 Å². The average Bonchev–Trinajstić information content (AvgIpc) is 3.19. The number of carbonyl (C=O) groups is 1. The predicted molar refractivity (Wildman–Crippen MR) is 135 cm³/mol. The van der Waals surface area contributed by atoms with Gasteiger partial charge < -0.3 is 14.2 Å². The number of ether oxygens (including phenoxy) is 3. The van der Waals surface area contributed by atoms with Gasteiger partial charge in [-0.1, -0.05) is 41.9 Å². The molecular weight excluding hydrogens is 540 g/mol.